The van der Waals surface area contributed by atoms with Crippen LogP contribution in [0.25, 0.3) is 10.4 Å². The summed E-state index contributed by atoms with van der Waals surface area (Å²) < 4.78 is 0.796. The first-order chi connectivity index (χ1) is 10.5. The summed E-state index contributed by atoms with van der Waals surface area (Å²) in [6.07, 6.45) is 1.76. The smallest absolute Gasteiger partial charge is 0.335 e. The van der Waals surface area contributed by atoms with Crippen molar-refractivity contribution in [3.05, 3.63) is 38.2 Å². The first-order valence-electron chi connectivity index (χ1n) is 7.35. The summed E-state index contributed by atoms with van der Waals surface area (Å²) in [5.41, 5.74) is 11.2. The average Bonchev–Trinajstić information content (AvgIpc) is 2.98. The van der Waals surface area contributed by atoms with Gasteiger partial charge in [-0.15, -0.1) is 0 Å². The molecule has 1 aliphatic heterocycles. The van der Waals surface area contributed by atoms with Crippen LogP contribution in [0.15, 0.2) is 21.7 Å². The van der Waals surface area contributed by atoms with Gasteiger partial charge in [0.25, 0.3) is 0 Å². The molecule has 0 radical (unpaired) electrons. The molecule has 3 rings (SSSR count). The fourth-order valence-electron chi connectivity index (χ4n) is 3.92. The van der Waals surface area contributed by atoms with E-state index in [1.54, 1.807) is 12.1 Å². The minimum absolute atomic E-state index is 0.0648. The van der Waals surface area contributed by atoms with Gasteiger partial charge in [-0.1, -0.05) is 5.11 Å². The third kappa shape index (κ3) is 2.16. The van der Waals surface area contributed by atoms with Gasteiger partial charge in [-0.25, -0.2) is 4.79 Å². The minimum atomic E-state index is -0.923. The fourth-order valence-corrected chi connectivity index (χ4v) is 4.60. The first-order valence-corrected chi connectivity index (χ1v) is 8.14. The second-order valence-electron chi connectivity index (χ2n) is 6.15. The monoisotopic (exact) mass is 364 g/mol. The molecule has 22 heavy (non-hydrogen) atoms. The Kier molecular flexibility index (Phi) is 3.78. The van der Waals surface area contributed by atoms with Crippen molar-refractivity contribution >= 4 is 27.6 Å². The molecule has 7 heteroatoms. The van der Waals surface area contributed by atoms with E-state index in [4.69, 9.17) is 5.53 Å². The molecule has 0 amide bonds. The number of fused-ring (bicyclic) bond motifs is 3. The number of azide groups is 1. The molecule has 0 spiro atoms. The van der Waals surface area contributed by atoms with Crippen molar-refractivity contribution in [2.75, 3.05) is 4.90 Å². The van der Waals surface area contributed by atoms with Crippen LogP contribution < -0.4 is 4.90 Å². The summed E-state index contributed by atoms with van der Waals surface area (Å²) in [7, 11) is 0. The van der Waals surface area contributed by atoms with E-state index >= 15 is 0 Å². The van der Waals surface area contributed by atoms with Gasteiger partial charge in [-0.05, 0) is 65.8 Å². The van der Waals surface area contributed by atoms with Gasteiger partial charge in [0.15, 0.2) is 0 Å². The molecule has 2 aliphatic rings. The fraction of sp³-hybridized carbons (Fsp3) is 0.533. The Balaban J connectivity index is 2.16. The van der Waals surface area contributed by atoms with E-state index in [1.807, 2.05) is 0 Å². The lowest BCUT2D eigenvalue weighted by molar-refractivity contribution is 0.0696. The Morgan fingerprint density at radius 2 is 2.23 bits per heavy atom. The van der Waals surface area contributed by atoms with Crippen molar-refractivity contribution in [2.45, 2.75) is 50.7 Å². The van der Waals surface area contributed by atoms with E-state index in [0.717, 1.165) is 28.6 Å². The highest BCUT2D eigenvalue weighted by Crippen LogP contribution is 2.53. The van der Waals surface area contributed by atoms with Crippen LogP contribution in [-0.2, 0) is 0 Å². The van der Waals surface area contributed by atoms with Crippen LogP contribution in [0.1, 0.15) is 48.5 Å². The molecule has 1 fully saturated rings. The number of anilines is 1. The minimum Gasteiger partial charge on any atom is -0.478 e. The largest absolute Gasteiger partial charge is 0.478 e. The van der Waals surface area contributed by atoms with Gasteiger partial charge in [-0.3, -0.25) is 0 Å². The summed E-state index contributed by atoms with van der Waals surface area (Å²) in [4.78, 5) is 16.6. The van der Waals surface area contributed by atoms with Gasteiger partial charge >= 0.3 is 5.97 Å². The predicted octanol–water partition coefficient (Wildman–Crippen LogP) is 4.30. The van der Waals surface area contributed by atoms with Gasteiger partial charge in [0.05, 0.1) is 17.3 Å². The topological polar surface area (TPSA) is 89.3 Å². The molecule has 0 bridgehead atoms. The van der Waals surface area contributed by atoms with E-state index in [2.05, 4.69) is 44.7 Å². The summed E-state index contributed by atoms with van der Waals surface area (Å²) in [5, 5.41) is 13.3. The number of rotatable bonds is 3. The number of carbonyl (C=O) groups is 1. The normalized spacial score (nSPS) is 25.8. The van der Waals surface area contributed by atoms with E-state index in [-0.39, 0.29) is 24.0 Å². The lowest BCUT2D eigenvalue weighted by Gasteiger charge is -2.34. The molecule has 6 nitrogen and oxygen atoms in total. The van der Waals surface area contributed by atoms with Crippen LogP contribution in [0.5, 0.6) is 0 Å². The number of carboxylic acid groups (broad SMARTS) is 1. The highest BCUT2D eigenvalue weighted by Gasteiger charge is 2.48. The number of hydrogen-bond acceptors (Lipinski definition) is 3. The second-order valence-corrected chi connectivity index (χ2v) is 7.00. The molecule has 1 aliphatic carbocycles. The number of carboxylic acids is 1. The summed E-state index contributed by atoms with van der Waals surface area (Å²) in [5.74, 6) is -0.698. The number of aromatic carboxylic acids is 1. The van der Waals surface area contributed by atoms with Crippen molar-refractivity contribution < 1.29 is 9.90 Å². The lowest BCUT2D eigenvalue weighted by atomic mass is 9.95. The second kappa shape index (κ2) is 5.48. The predicted molar refractivity (Wildman–Crippen MR) is 87.4 cm³/mol. The standard InChI is InChI=1S/C15H17BrN4O2/c1-7(2)20-13-10(5-8(15(21)22)6-11(13)16)9-3-4-12(14(9)20)18-19-17/h5-7,9,12,14H,3-4H2,1-2H3,(H,21,22). The Hall–Kier alpha value is -1.72. The van der Waals surface area contributed by atoms with E-state index < -0.39 is 5.97 Å². The van der Waals surface area contributed by atoms with Crippen LogP contribution in [0.2, 0.25) is 0 Å². The quantitative estimate of drug-likeness (QED) is 0.492. The van der Waals surface area contributed by atoms with Gasteiger partial charge < -0.3 is 10.0 Å². The maximum Gasteiger partial charge on any atom is 0.335 e. The van der Waals surface area contributed by atoms with Crippen molar-refractivity contribution in [3.8, 4) is 0 Å². The van der Waals surface area contributed by atoms with E-state index in [1.165, 1.54) is 0 Å². The molecule has 3 atom stereocenters. The van der Waals surface area contributed by atoms with Crippen molar-refractivity contribution in [2.24, 2.45) is 5.11 Å². The summed E-state index contributed by atoms with van der Waals surface area (Å²) >= 11 is 3.53. The highest BCUT2D eigenvalue weighted by atomic mass is 79.9. The molecule has 0 aromatic heterocycles. The Morgan fingerprint density at radius 3 is 2.82 bits per heavy atom. The van der Waals surface area contributed by atoms with Crippen LogP contribution in [0.4, 0.5) is 5.69 Å². The third-order valence-electron chi connectivity index (χ3n) is 4.65. The molecule has 0 saturated heterocycles. The third-order valence-corrected chi connectivity index (χ3v) is 5.26. The van der Waals surface area contributed by atoms with Crippen LogP contribution >= 0.6 is 15.9 Å². The lowest BCUT2D eigenvalue weighted by Crippen LogP contribution is -2.43. The molecule has 1 heterocycles. The average molecular weight is 365 g/mol. The van der Waals surface area contributed by atoms with Crippen molar-refractivity contribution in [1.82, 2.24) is 0 Å². The Morgan fingerprint density at radius 1 is 1.50 bits per heavy atom. The highest BCUT2D eigenvalue weighted by molar-refractivity contribution is 9.10. The van der Waals surface area contributed by atoms with Gasteiger partial charge in [0, 0.05) is 27.4 Å². The SMILES string of the molecule is CC(C)N1c2c(Br)cc(C(=O)O)cc2C2CCC(N=[N+]=[N-])C21. The number of halogens is 1. The number of benzene rings is 1. The molecular weight excluding hydrogens is 348 g/mol. The molecule has 116 valence electrons. The molecule has 3 unspecified atom stereocenters. The molecule has 1 N–H and O–H groups in total. The number of nitrogens with zero attached hydrogens (tertiary/aromatic N) is 4. The van der Waals surface area contributed by atoms with Crippen molar-refractivity contribution in [3.63, 3.8) is 0 Å². The van der Waals surface area contributed by atoms with Crippen LogP contribution in [-0.4, -0.2) is 29.2 Å². The van der Waals surface area contributed by atoms with Gasteiger partial charge in [0.2, 0.25) is 0 Å². The number of hydrogen-bond donors (Lipinski definition) is 1. The summed E-state index contributed by atoms with van der Waals surface area (Å²) in [6.45, 7) is 4.21. The molecular formula is C15H17BrN4O2. The summed E-state index contributed by atoms with van der Waals surface area (Å²) in [6, 6.07) is 3.73. The first kappa shape index (κ1) is 15.2. The zero-order valence-corrected chi connectivity index (χ0v) is 14.0. The maximum absolute atomic E-state index is 11.3. The zero-order valence-electron chi connectivity index (χ0n) is 12.4. The van der Waals surface area contributed by atoms with Crippen LogP contribution in [0.3, 0.4) is 0 Å². The van der Waals surface area contributed by atoms with E-state index in [0.29, 0.717) is 5.56 Å². The Labute approximate surface area is 136 Å². The molecule has 1 saturated carbocycles. The van der Waals surface area contributed by atoms with Gasteiger partial charge in [-0.2, -0.15) is 0 Å². The maximum atomic E-state index is 11.3. The van der Waals surface area contributed by atoms with Crippen LogP contribution in [0, 0.1) is 0 Å². The Bertz CT molecular complexity index is 684. The van der Waals surface area contributed by atoms with Crippen molar-refractivity contribution in [1.29, 1.82) is 0 Å². The molecule has 1 aromatic carbocycles. The van der Waals surface area contributed by atoms with Gasteiger partial charge in [0.1, 0.15) is 0 Å². The molecule has 1 aromatic rings. The zero-order chi connectivity index (χ0) is 16.0. The van der Waals surface area contributed by atoms with E-state index in [9.17, 15) is 9.90 Å².